The van der Waals surface area contributed by atoms with Crippen LogP contribution in [0.25, 0.3) is 10.9 Å². The Morgan fingerprint density at radius 3 is 2.75 bits per heavy atom. The number of fused-ring (bicyclic) bond motifs is 1. The molecule has 0 atom stereocenters. The van der Waals surface area contributed by atoms with E-state index in [9.17, 15) is 4.79 Å². The number of thiophene rings is 1. The van der Waals surface area contributed by atoms with Gasteiger partial charge in [0.2, 0.25) is 0 Å². The molecule has 126 valence electrons. The second-order valence-electron chi connectivity index (χ2n) is 7.21. The van der Waals surface area contributed by atoms with Gasteiger partial charge >= 0.3 is 0 Å². The number of rotatable bonds is 7. The number of ketones is 1. The van der Waals surface area contributed by atoms with Crippen LogP contribution in [0.15, 0.2) is 47.3 Å². The van der Waals surface area contributed by atoms with E-state index >= 15 is 0 Å². The molecule has 0 amide bonds. The van der Waals surface area contributed by atoms with Crippen molar-refractivity contribution in [2.24, 2.45) is 0 Å². The average molecular weight is 358 g/mol. The minimum atomic E-state index is -1.07. The molecule has 3 rings (SSSR count). The second-order valence-corrected chi connectivity index (χ2v) is 13.6. The Balaban J connectivity index is 1.78. The van der Waals surface area contributed by atoms with Gasteiger partial charge < -0.3 is 9.30 Å². The monoisotopic (exact) mass is 357 g/mol. The Hall–Kier alpha value is -1.69. The highest BCUT2D eigenvalue weighted by atomic mass is 32.1. The number of ether oxygens (including phenoxy) is 1. The zero-order valence-electron chi connectivity index (χ0n) is 14.4. The molecular formula is C19H23NO2SSi. The summed E-state index contributed by atoms with van der Waals surface area (Å²) in [6.45, 7) is 8.38. The molecule has 0 saturated carbocycles. The third-order valence-corrected chi connectivity index (χ3v) is 6.46. The lowest BCUT2D eigenvalue weighted by atomic mass is 10.0. The largest absolute Gasteiger partial charge is 0.361 e. The summed E-state index contributed by atoms with van der Waals surface area (Å²) in [5.74, 6) is 0.0826. The Kier molecular flexibility index (Phi) is 5.03. The maximum absolute atomic E-state index is 12.7. The van der Waals surface area contributed by atoms with Crippen LogP contribution in [0.3, 0.4) is 0 Å². The Morgan fingerprint density at radius 1 is 1.21 bits per heavy atom. The summed E-state index contributed by atoms with van der Waals surface area (Å²) in [6, 6.07) is 10.9. The van der Waals surface area contributed by atoms with Gasteiger partial charge in [-0.2, -0.15) is 11.3 Å². The number of carbonyl (C=O) groups is 1. The lowest BCUT2D eigenvalue weighted by Gasteiger charge is -2.15. The van der Waals surface area contributed by atoms with Crippen LogP contribution in [0, 0.1) is 0 Å². The third kappa shape index (κ3) is 3.86. The van der Waals surface area contributed by atoms with Crippen LogP contribution < -0.4 is 0 Å². The van der Waals surface area contributed by atoms with Crippen LogP contribution >= 0.6 is 11.3 Å². The molecule has 0 saturated heterocycles. The number of hydrogen-bond donors (Lipinski definition) is 0. The first kappa shape index (κ1) is 17.1. The summed E-state index contributed by atoms with van der Waals surface area (Å²) in [6.07, 6.45) is 2.00. The van der Waals surface area contributed by atoms with Crippen molar-refractivity contribution in [3.63, 3.8) is 0 Å². The number of benzene rings is 1. The SMILES string of the molecule is C[Si](C)(C)CCOCn1ccc2c(C(=O)c3ccsc3)cccc21. The van der Waals surface area contributed by atoms with Crippen molar-refractivity contribution in [1.82, 2.24) is 4.57 Å². The van der Waals surface area contributed by atoms with Gasteiger partial charge in [-0.25, -0.2) is 0 Å². The average Bonchev–Trinajstić information content (AvgIpc) is 3.19. The highest BCUT2D eigenvalue weighted by Gasteiger charge is 2.15. The summed E-state index contributed by atoms with van der Waals surface area (Å²) in [7, 11) is -1.07. The molecule has 0 fully saturated rings. The molecule has 0 N–H and O–H groups in total. The van der Waals surface area contributed by atoms with Crippen molar-refractivity contribution >= 4 is 36.1 Å². The van der Waals surface area contributed by atoms with Crippen molar-refractivity contribution in [3.8, 4) is 0 Å². The first-order valence-corrected chi connectivity index (χ1v) is 12.8. The van der Waals surface area contributed by atoms with E-state index in [2.05, 4.69) is 24.2 Å². The van der Waals surface area contributed by atoms with E-state index in [1.807, 2.05) is 47.3 Å². The van der Waals surface area contributed by atoms with E-state index < -0.39 is 8.07 Å². The van der Waals surface area contributed by atoms with E-state index in [1.165, 1.54) is 0 Å². The fourth-order valence-electron chi connectivity index (χ4n) is 2.62. The van der Waals surface area contributed by atoms with E-state index in [1.54, 1.807) is 11.3 Å². The summed E-state index contributed by atoms with van der Waals surface area (Å²) < 4.78 is 7.92. The van der Waals surface area contributed by atoms with Gasteiger partial charge in [-0.3, -0.25) is 4.79 Å². The fraction of sp³-hybridized carbons (Fsp3) is 0.316. The third-order valence-electron chi connectivity index (χ3n) is 4.07. The molecule has 0 spiro atoms. The van der Waals surface area contributed by atoms with Gasteiger partial charge in [0, 0.05) is 42.8 Å². The van der Waals surface area contributed by atoms with Crippen molar-refractivity contribution in [1.29, 1.82) is 0 Å². The van der Waals surface area contributed by atoms with Crippen molar-refractivity contribution in [2.75, 3.05) is 6.61 Å². The van der Waals surface area contributed by atoms with E-state index in [4.69, 9.17) is 4.74 Å². The van der Waals surface area contributed by atoms with Gasteiger partial charge in [-0.1, -0.05) is 31.8 Å². The zero-order valence-corrected chi connectivity index (χ0v) is 16.2. The molecule has 0 bridgehead atoms. The summed E-state index contributed by atoms with van der Waals surface area (Å²) in [5.41, 5.74) is 2.56. The van der Waals surface area contributed by atoms with Crippen LogP contribution in [0.2, 0.25) is 25.7 Å². The van der Waals surface area contributed by atoms with E-state index in [-0.39, 0.29) is 5.78 Å². The quantitative estimate of drug-likeness (QED) is 0.329. The lowest BCUT2D eigenvalue weighted by Crippen LogP contribution is -2.21. The second kappa shape index (κ2) is 7.05. The minimum absolute atomic E-state index is 0.0826. The van der Waals surface area contributed by atoms with Crippen LogP contribution in [-0.4, -0.2) is 25.0 Å². The van der Waals surface area contributed by atoms with Crippen LogP contribution in [-0.2, 0) is 11.5 Å². The van der Waals surface area contributed by atoms with Gasteiger partial charge in [0.15, 0.2) is 5.78 Å². The molecule has 0 aliphatic rings. The molecule has 0 aliphatic heterocycles. The van der Waals surface area contributed by atoms with Gasteiger partial charge in [0.25, 0.3) is 0 Å². The topological polar surface area (TPSA) is 31.2 Å². The standard InChI is InChI=1S/C19H23NO2SSi/c1-24(2,3)12-10-22-14-20-9-7-16-17(5-4-6-18(16)20)19(21)15-8-11-23-13-15/h4-9,11,13H,10,12,14H2,1-3H3. The maximum Gasteiger partial charge on any atom is 0.194 e. The van der Waals surface area contributed by atoms with Gasteiger partial charge in [-0.15, -0.1) is 0 Å². The van der Waals surface area contributed by atoms with Gasteiger partial charge in [0.1, 0.15) is 6.73 Å². The Labute approximate surface area is 147 Å². The molecule has 1 aromatic carbocycles. The van der Waals surface area contributed by atoms with Crippen molar-refractivity contribution in [3.05, 3.63) is 58.4 Å². The molecule has 3 aromatic rings. The van der Waals surface area contributed by atoms with Crippen LogP contribution in [0.4, 0.5) is 0 Å². The number of nitrogens with zero attached hydrogens (tertiary/aromatic N) is 1. The molecule has 5 heteroatoms. The zero-order chi connectivity index (χ0) is 17.2. The Bertz CT molecular complexity index is 831. The molecule has 0 radical (unpaired) electrons. The van der Waals surface area contributed by atoms with E-state index in [0.717, 1.165) is 34.7 Å². The predicted molar refractivity (Wildman–Crippen MR) is 104 cm³/mol. The van der Waals surface area contributed by atoms with Crippen LogP contribution in [0.5, 0.6) is 0 Å². The van der Waals surface area contributed by atoms with Crippen molar-refractivity contribution < 1.29 is 9.53 Å². The number of hydrogen-bond acceptors (Lipinski definition) is 3. The van der Waals surface area contributed by atoms with Gasteiger partial charge in [-0.05, 0) is 29.6 Å². The minimum Gasteiger partial charge on any atom is -0.361 e. The Morgan fingerprint density at radius 2 is 2.04 bits per heavy atom. The summed E-state index contributed by atoms with van der Waals surface area (Å²) in [5, 5.41) is 4.82. The van der Waals surface area contributed by atoms with E-state index in [0.29, 0.717) is 6.73 Å². The molecule has 24 heavy (non-hydrogen) atoms. The first-order valence-electron chi connectivity index (χ1n) is 8.18. The number of carbonyl (C=O) groups excluding carboxylic acids is 1. The highest BCUT2D eigenvalue weighted by molar-refractivity contribution is 7.08. The summed E-state index contributed by atoms with van der Waals surface area (Å²) >= 11 is 1.55. The lowest BCUT2D eigenvalue weighted by molar-refractivity contribution is 0.0902. The molecular weight excluding hydrogens is 334 g/mol. The molecule has 3 nitrogen and oxygen atoms in total. The van der Waals surface area contributed by atoms with Gasteiger partial charge in [0.05, 0.1) is 5.52 Å². The smallest absolute Gasteiger partial charge is 0.194 e. The maximum atomic E-state index is 12.7. The predicted octanol–water partition coefficient (Wildman–Crippen LogP) is 5.25. The highest BCUT2D eigenvalue weighted by Crippen LogP contribution is 2.24. The van der Waals surface area contributed by atoms with Crippen LogP contribution in [0.1, 0.15) is 15.9 Å². The summed E-state index contributed by atoms with van der Waals surface area (Å²) in [4.78, 5) is 12.7. The van der Waals surface area contributed by atoms with Crippen molar-refractivity contribution in [2.45, 2.75) is 32.4 Å². The molecule has 2 aromatic heterocycles. The number of aromatic nitrogens is 1. The first-order chi connectivity index (χ1) is 11.5. The molecule has 0 unspecified atom stereocenters. The normalized spacial score (nSPS) is 12.0. The molecule has 2 heterocycles. The molecule has 0 aliphatic carbocycles. The fourth-order valence-corrected chi connectivity index (χ4v) is 4.02.